The van der Waals surface area contributed by atoms with Crippen LogP contribution in [0.5, 0.6) is 0 Å². The first kappa shape index (κ1) is 14.1. The van der Waals surface area contributed by atoms with Gasteiger partial charge in [0.15, 0.2) is 0 Å². The number of aryl methyl sites for hydroxylation is 1. The first-order chi connectivity index (χ1) is 10.3. The van der Waals surface area contributed by atoms with Crippen molar-refractivity contribution in [2.75, 3.05) is 0 Å². The predicted molar refractivity (Wildman–Crippen MR) is 94.8 cm³/mol. The zero-order valence-corrected chi connectivity index (χ0v) is 14.5. The topological polar surface area (TPSA) is 0 Å². The number of fused-ring (bicyclic) bond motifs is 3. The Morgan fingerprint density at radius 2 is 1.73 bits per heavy atom. The second-order valence-electron chi connectivity index (χ2n) is 8.62. The Labute approximate surface area is 133 Å². The lowest BCUT2D eigenvalue weighted by Crippen LogP contribution is -2.35. The van der Waals surface area contributed by atoms with Crippen LogP contribution in [0.2, 0.25) is 0 Å². The summed E-state index contributed by atoms with van der Waals surface area (Å²) in [4.78, 5) is 0. The lowest BCUT2D eigenvalue weighted by Gasteiger charge is -2.31. The van der Waals surface area contributed by atoms with Crippen LogP contribution in [0.3, 0.4) is 0 Å². The van der Waals surface area contributed by atoms with Crippen molar-refractivity contribution < 1.29 is 0 Å². The molecule has 0 saturated carbocycles. The van der Waals surface area contributed by atoms with E-state index >= 15 is 0 Å². The standard InChI is InChI=1S/C22H26/c1-14-6-7-15-13-22(4,5)20-17-8-9-21(2,3)12-16(17)11-19(20)18(15)10-14/h6-7,10,12-13H,8-9,11H2,1-5H3. The third-order valence-electron chi connectivity index (χ3n) is 5.64. The first-order valence-corrected chi connectivity index (χ1v) is 8.56. The third-order valence-corrected chi connectivity index (χ3v) is 5.64. The Kier molecular flexibility index (Phi) is 2.72. The largest absolute Gasteiger partial charge is 0.0750 e. The smallest absolute Gasteiger partial charge is 0.00903 e. The van der Waals surface area contributed by atoms with Crippen molar-refractivity contribution in [2.45, 2.75) is 53.9 Å². The van der Waals surface area contributed by atoms with Crippen molar-refractivity contribution in [2.24, 2.45) is 10.8 Å². The quantitative estimate of drug-likeness (QED) is 0.664. The molecule has 0 fully saturated rings. The van der Waals surface area contributed by atoms with Gasteiger partial charge in [0.1, 0.15) is 0 Å². The van der Waals surface area contributed by atoms with E-state index in [-0.39, 0.29) is 5.41 Å². The summed E-state index contributed by atoms with van der Waals surface area (Å²) in [7, 11) is 0. The Balaban J connectivity index is 2.08. The summed E-state index contributed by atoms with van der Waals surface area (Å²) in [6.07, 6.45) is 8.70. The highest BCUT2D eigenvalue weighted by Gasteiger charge is 2.38. The van der Waals surface area contributed by atoms with E-state index in [9.17, 15) is 0 Å². The molecule has 0 atom stereocenters. The molecule has 0 saturated heterocycles. The van der Waals surface area contributed by atoms with Crippen molar-refractivity contribution in [1.82, 2.24) is 0 Å². The Morgan fingerprint density at radius 3 is 2.50 bits per heavy atom. The fraction of sp³-hybridized carbons (Fsp3) is 0.455. The lowest BCUT2D eigenvalue weighted by atomic mass is 9.73. The fourth-order valence-corrected chi connectivity index (χ4v) is 4.67. The van der Waals surface area contributed by atoms with Gasteiger partial charge in [-0.05, 0) is 64.3 Å². The van der Waals surface area contributed by atoms with Gasteiger partial charge in [0.05, 0.1) is 0 Å². The average Bonchev–Trinajstić information content (AvgIpc) is 2.77. The zero-order chi connectivity index (χ0) is 15.7. The zero-order valence-electron chi connectivity index (χ0n) is 14.5. The first-order valence-electron chi connectivity index (χ1n) is 8.56. The minimum Gasteiger partial charge on any atom is -0.0750 e. The van der Waals surface area contributed by atoms with Gasteiger partial charge in [0.25, 0.3) is 0 Å². The van der Waals surface area contributed by atoms with Crippen molar-refractivity contribution in [3.63, 3.8) is 0 Å². The molecule has 114 valence electrons. The van der Waals surface area contributed by atoms with Gasteiger partial charge in [-0.2, -0.15) is 0 Å². The van der Waals surface area contributed by atoms with Crippen LogP contribution in [-0.4, -0.2) is 0 Å². The van der Waals surface area contributed by atoms with Crippen molar-refractivity contribution >= 4 is 11.6 Å². The van der Waals surface area contributed by atoms with Gasteiger partial charge in [-0.1, -0.05) is 63.6 Å². The molecule has 3 aliphatic carbocycles. The minimum atomic E-state index is 0.157. The molecule has 0 unspecified atom stereocenters. The van der Waals surface area contributed by atoms with E-state index in [4.69, 9.17) is 0 Å². The number of hydrogen-bond acceptors (Lipinski definition) is 0. The Morgan fingerprint density at radius 1 is 0.955 bits per heavy atom. The SMILES string of the molecule is Cc1ccc2c(c1)=C1CC3=CC(C)(C)CCC3=C1C(C)(C)C=2. The second-order valence-corrected chi connectivity index (χ2v) is 8.62. The number of allylic oxidation sites excluding steroid dienone is 4. The monoisotopic (exact) mass is 290 g/mol. The highest BCUT2D eigenvalue weighted by molar-refractivity contribution is 5.82. The minimum absolute atomic E-state index is 0.157. The van der Waals surface area contributed by atoms with E-state index in [2.05, 4.69) is 65.0 Å². The molecule has 0 heteroatoms. The molecule has 0 N–H and O–H groups in total. The summed E-state index contributed by atoms with van der Waals surface area (Å²) in [5.74, 6) is 0. The summed E-state index contributed by atoms with van der Waals surface area (Å²) in [5, 5.41) is 2.91. The van der Waals surface area contributed by atoms with Gasteiger partial charge >= 0.3 is 0 Å². The maximum atomic E-state index is 2.55. The molecule has 22 heavy (non-hydrogen) atoms. The predicted octanol–water partition coefficient (Wildman–Crippen LogP) is 4.41. The highest BCUT2D eigenvalue weighted by Crippen LogP contribution is 2.52. The van der Waals surface area contributed by atoms with Gasteiger partial charge in [-0.25, -0.2) is 0 Å². The van der Waals surface area contributed by atoms with E-state index in [1.54, 1.807) is 22.3 Å². The summed E-state index contributed by atoms with van der Waals surface area (Å²) in [5.41, 5.74) is 8.38. The van der Waals surface area contributed by atoms with Crippen LogP contribution in [0.25, 0.3) is 11.6 Å². The maximum Gasteiger partial charge on any atom is 0.00903 e. The molecule has 0 heterocycles. The molecule has 4 rings (SSSR count). The van der Waals surface area contributed by atoms with Gasteiger partial charge in [-0.3, -0.25) is 0 Å². The van der Waals surface area contributed by atoms with Gasteiger partial charge in [0, 0.05) is 5.41 Å². The molecule has 0 spiro atoms. The summed E-state index contributed by atoms with van der Waals surface area (Å²) in [6.45, 7) is 11.7. The maximum absolute atomic E-state index is 2.55. The Bertz CT molecular complexity index is 854. The molecule has 1 aromatic rings. The summed E-state index contributed by atoms with van der Waals surface area (Å²) >= 11 is 0. The average molecular weight is 290 g/mol. The molecule has 0 bridgehead atoms. The molecule has 0 radical (unpaired) electrons. The number of rotatable bonds is 0. The Hall–Kier alpha value is -1.56. The van der Waals surface area contributed by atoms with Crippen LogP contribution in [0.4, 0.5) is 0 Å². The molecular formula is C22H26. The van der Waals surface area contributed by atoms with Gasteiger partial charge in [-0.15, -0.1) is 0 Å². The normalized spacial score (nSPS) is 24.2. The molecule has 0 amide bonds. The van der Waals surface area contributed by atoms with Crippen molar-refractivity contribution in [1.29, 1.82) is 0 Å². The van der Waals surface area contributed by atoms with E-state index < -0.39 is 0 Å². The van der Waals surface area contributed by atoms with Crippen LogP contribution in [-0.2, 0) is 0 Å². The molecule has 0 aliphatic heterocycles. The summed E-state index contributed by atoms with van der Waals surface area (Å²) in [6, 6.07) is 6.94. The van der Waals surface area contributed by atoms with Crippen LogP contribution < -0.4 is 10.4 Å². The number of benzene rings is 1. The second kappa shape index (κ2) is 4.25. The highest BCUT2D eigenvalue weighted by atomic mass is 14.4. The fourth-order valence-electron chi connectivity index (χ4n) is 4.67. The van der Waals surface area contributed by atoms with Crippen molar-refractivity contribution in [3.05, 3.63) is 57.0 Å². The third kappa shape index (κ3) is 1.96. The number of hydrogen-bond donors (Lipinski definition) is 0. The molecule has 3 aliphatic rings. The van der Waals surface area contributed by atoms with Crippen LogP contribution >= 0.6 is 0 Å². The van der Waals surface area contributed by atoms with E-state index in [1.165, 1.54) is 28.8 Å². The van der Waals surface area contributed by atoms with Crippen LogP contribution in [0, 0.1) is 17.8 Å². The van der Waals surface area contributed by atoms with Crippen LogP contribution in [0.1, 0.15) is 52.5 Å². The lowest BCUT2D eigenvalue weighted by molar-refractivity contribution is 0.420. The van der Waals surface area contributed by atoms with Crippen molar-refractivity contribution in [3.8, 4) is 0 Å². The summed E-state index contributed by atoms with van der Waals surface area (Å²) < 4.78 is 0. The van der Waals surface area contributed by atoms with Gasteiger partial charge in [0.2, 0.25) is 0 Å². The van der Waals surface area contributed by atoms with E-state index in [0.29, 0.717) is 5.41 Å². The van der Waals surface area contributed by atoms with Crippen LogP contribution in [0.15, 0.2) is 41.0 Å². The van der Waals surface area contributed by atoms with E-state index in [1.807, 2.05) is 0 Å². The molecule has 0 aromatic heterocycles. The molecule has 1 aromatic carbocycles. The molecule has 0 nitrogen and oxygen atoms in total. The van der Waals surface area contributed by atoms with Gasteiger partial charge < -0.3 is 0 Å². The van der Waals surface area contributed by atoms with E-state index in [0.717, 1.165) is 6.42 Å². The molecular weight excluding hydrogens is 264 g/mol.